The Labute approximate surface area is 99.1 Å². The van der Waals surface area contributed by atoms with E-state index >= 15 is 0 Å². The summed E-state index contributed by atoms with van der Waals surface area (Å²) < 4.78 is 0. The highest BCUT2D eigenvalue weighted by Gasteiger charge is 2.33. The molecule has 0 heterocycles. The minimum absolute atomic E-state index is 0.196. The number of hydrogen-bond donors (Lipinski definition) is 0. The smallest absolute Gasteiger partial charge is 0.0669 e. The molecule has 0 aliphatic rings. The predicted molar refractivity (Wildman–Crippen MR) is 64.9 cm³/mol. The Hall–Kier alpha value is -0.830. The van der Waals surface area contributed by atoms with Gasteiger partial charge in [0.15, 0.2) is 0 Å². The van der Waals surface area contributed by atoms with E-state index in [1.54, 1.807) is 6.92 Å². The van der Waals surface area contributed by atoms with Gasteiger partial charge in [0.05, 0.1) is 5.97 Å². The number of hydrogen-bond acceptors (Lipinski definition) is 3. The molecule has 0 aromatic carbocycles. The fraction of sp³-hybridized carbons (Fsp3) is 0.769. The summed E-state index contributed by atoms with van der Waals surface area (Å²) in [7, 11) is 3.99. The van der Waals surface area contributed by atoms with E-state index in [1.807, 2.05) is 20.2 Å². The second-order valence-corrected chi connectivity index (χ2v) is 4.66. The largest absolute Gasteiger partial charge is 0.545 e. The average molecular weight is 226 g/mol. The molecule has 0 N–H and O–H groups in total. The van der Waals surface area contributed by atoms with E-state index in [0.717, 1.165) is 12.8 Å². The monoisotopic (exact) mass is 226 g/mol. The molecule has 0 fully saturated rings. The molecule has 3 heteroatoms. The second kappa shape index (κ2) is 6.04. The van der Waals surface area contributed by atoms with Crippen LogP contribution < -0.4 is 5.11 Å². The lowest BCUT2D eigenvalue weighted by molar-refractivity contribution is -0.299. The first-order valence-electron chi connectivity index (χ1n) is 5.90. The van der Waals surface area contributed by atoms with Crippen molar-refractivity contribution in [3.63, 3.8) is 0 Å². The summed E-state index contributed by atoms with van der Waals surface area (Å²) in [6.45, 7) is 7.97. The molecule has 0 aromatic heterocycles. The van der Waals surface area contributed by atoms with Gasteiger partial charge in [-0.25, -0.2) is 0 Å². The lowest BCUT2D eigenvalue weighted by atomic mass is 9.78. The predicted octanol–water partition coefficient (Wildman–Crippen LogP) is 1.44. The number of carboxylic acid groups (broad SMARTS) is 1. The van der Waals surface area contributed by atoms with Crippen LogP contribution in [0.25, 0.3) is 0 Å². The Balaban J connectivity index is 5.38. The van der Waals surface area contributed by atoms with Gasteiger partial charge in [0.1, 0.15) is 0 Å². The van der Waals surface area contributed by atoms with Gasteiger partial charge < -0.3 is 9.90 Å². The quantitative estimate of drug-likeness (QED) is 0.644. The van der Waals surface area contributed by atoms with Crippen LogP contribution in [0.4, 0.5) is 0 Å². The summed E-state index contributed by atoms with van der Waals surface area (Å²) in [5.41, 5.74) is 0.120. The molecule has 2 atom stereocenters. The Morgan fingerprint density at radius 1 is 1.44 bits per heavy atom. The third-order valence-corrected chi connectivity index (χ3v) is 3.65. The van der Waals surface area contributed by atoms with Gasteiger partial charge in [0.2, 0.25) is 0 Å². The minimum atomic E-state index is -1.08. The molecule has 0 aliphatic heterocycles. The molecule has 16 heavy (non-hydrogen) atoms. The summed E-state index contributed by atoms with van der Waals surface area (Å²) >= 11 is 0. The van der Waals surface area contributed by atoms with E-state index in [0.29, 0.717) is 11.5 Å². The van der Waals surface area contributed by atoms with Crippen molar-refractivity contribution in [3.8, 4) is 0 Å². The summed E-state index contributed by atoms with van der Waals surface area (Å²) in [5.74, 6) is -0.676. The highest BCUT2D eigenvalue weighted by Crippen LogP contribution is 2.31. The number of carbonyl (C=O) groups excluding carboxylic acids is 1. The zero-order chi connectivity index (χ0) is 12.9. The molecule has 94 valence electrons. The lowest BCUT2D eigenvalue weighted by Gasteiger charge is -2.42. The SMILES string of the molecule is CCC(C)C(/C=C(\C)C(=O)[O-])(CC)N(C)C. The fourth-order valence-corrected chi connectivity index (χ4v) is 2.27. The molecule has 2 unspecified atom stereocenters. The van der Waals surface area contributed by atoms with Crippen LogP contribution in [0.15, 0.2) is 11.6 Å². The Bertz CT molecular complexity index is 271. The normalized spacial score (nSPS) is 18.3. The molecule has 0 bridgehead atoms. The van der Waals surface area contributed by atoms with Gasteiger partial charge in [0.25, 0.3) is 0 Å². The molecular weight excluding hydrogens is 202 g/mol. The first-order chi connectivity index (χ1) is 7.31. The Morgan fingerprint density at radius 3 is 2.19 bits per heavy atom. The molecule has 0 spiro atoms. The molecule has 0 saturated carbocycles. The van der Waals surface area contributed by atoms with E-state index in [9.17, 15) is 9.90 Å². The van der Waals surface area contributed by atoms with E-state index in [2.05, 4.69) is 25.7 Å². The number of carbonyl (C=O) groups is 1. The van der Waals surface area contributed by atoms with Crippen LogP contribution >= 0.6 is 0 Å². The van der Waals surface area contributed by atoms with Gasteiger partial charge in [-0.3, -0.25) is 4.90 Å². The van der Waals surface area contributed by atoms with Crippen molar-refractivity contribution >= 4 is 5.97 Å². The van der Waals surface area contributed by atoms with Gasteiger partial charge in [0, 0.05) is 5.54 Å². The number of carboxylic acids is 1. The van der Waals surface area contributed by atoms with E-state index < -0.39 is 5.97 Å². The molecule has 0 rings (SSSR count). The van der Waals surface area contributed by atoms with Crippen LogP contribution in [0.1, 0.15) is 40.5 Å². The van der Waals surface area contributed by atoms with E-state index in [4.69, 9.17) is 0 Å². The fourth-order valence-electron chi connectivity index (χ4n) is 2.27. The standard InChI is InChI=1S/C13H25NO2/c1-7-11(4)13(8-2,14(5)6)9-10(3)12(15)16/h9,11H,7-8H2,1-6H3,(H,15,16)/p-1/b10-9+. The second-order valence-electron chi connectivity index (χ2n) is 4.66. The third-order valence-electron chi connectivity index (χ3n) is 3.65. The summed E-state index contributed by atoms with van der Waals surface area (Å²) in [6.07, 6.45) is 3.75. The molecule has 0 aliphatic carbocycles. The van der Waals surface area contributed by atoms with Gasteiger partial charge in [-0.05, 0) is 38.9 Å². The maximum atomic E-state index is 10.8. The molecule has 0 amide bonds. The minimum Gasteiger partial charge on any atom is -0.545 e. The molecule has 0 saturated heterocycles. The van der Waals surface area contributed by atoms with Crippen LogP contribution in [0, 0.1) is 5.92 Å². The van der Waals surface area contributed by atoms with E-state index in [1.165, 1.54) is 0 Å². The molecule has 0 aromatic rings. The maximum Gasteiger partial charge on any atom is 0.0669 e. The van der Waals surface area contributed by atoms with Crippen molar-refractivity contribution in [2.75, 3.05) is 14.1 Å². The number of aliphatic carboxylic acids is 1. The lowest BCUT2D eigenvalue weighted by Crippen LogP contribution is -2.48. The van der Waals surface area contributed by atoms with Gasteiger partial charge in [-0.15, -0.1) is 0 Å². The van der Waals surface area contributed by atoms with Gasteiger partial charge in [-0.1, -0.05) is 33.3 Å². The maximum absolute atomic E-state index is 10.8. The van der Waals surface area contributed by atoms with Crippen LogP contribution in [0.5, 0.6) is 0 Å². The number of nitrogens with zero attached hydrogens (tertiary/aromatic N) is 1. The van der Waals surface area contributed by atoms with Crippen molar-refractivity contribution in [1.29, 1.82) is 0 Å². The summed E-state index contributed by atoms with van der Waals surface area (Å²) in [6, 6.07) is 0. The van der Waals surface area contributed by atoms with Crippen molar-refractivity contribution in [2.45, 2.75) is 46.1 Å². The summed E-state index contributed by atoms with van der Waals surface area (Å²) in [5, 5.41) is 10.8. The van der Waals surface area contributed by atoms with Crippen LogP contribution in [-0.2, 0) is 4.79 Å². The highest BCUT2D eigenvalue weighted by molar-refractivity contribution is 5.84. The van der Waals surface area contributed by atoms with Crippen LogP contribution in [0.3, 0.4) is 0 Å². The first kappa shape index (κ1) is 15.2. The number of likely N-dealkylation sites (N-methyl/N-ethyl adjacent to an activating group) is 1. The first-order valence-corrected chi connectivity index (χ1v) is 5.90. The highest BCUT2D eigenvalue weighted by atomic mass is 16.4. The van der Waals surface area contributed by atoms with Gasteiger partial charge in [-0.2, -0.15) is 0 Å². The topological polar surface area (TPSA) is 43.4 Å². The molecule has 0 radical (unpaired) electrons. The average Bonchev–Trinajstić information content (AvgIpc) is 2.23. The van der Waals surface area contributed by atoms with Gasteiger partial charge >= 0.3 is 0 Å². The van der Waals surface area contributed by atoms with Crippen molar-refractivity contribution < 1.29 is 9.90 Å². The Kier molecular flexibility index (Phi) is 5.73. The van der Waals surface area contributed by atoms with Crippen molar-refractivity contribution in [2.24, 2.45) is 5.92 Å². The molecule has 3 nitrogen and oxygen atoms in total. The number of rotatable bonds is 6. The van der Waals surface area contributed by atoms with E-state index in [-0.39, 0.29) is 5.54 Å². The van der Waals surface area contributed by atoms with Crippen molar-refractivity contribution in [1.82, 2.24) is 4.90 Å². The Morgan fingerprint density at radius 2 is 1.94 bits per heavy atom. The zero-order valence-electron chi connectivity index (χ0n) is 11.3. The molecular formula is C13H24NO2-. The van der Waals surface area contributed by atoms with Crippen LogP contribution in [-0.4, -0.2) is 30.5 Å². The third kappa shape index (κ3) is 3.08. The van der Waals surface area contributed by atoms with Crippen molar-refractivity contribution in [3.05, 3.63) is 11.6 Å². The zero-order valence-corrected chi connectivity index (χ0v) is 11.3. The van der Waals surface area contributed by atoms with Crippen LogP contribution in [0.2, 0.25) is 0 Å². The summed E-state index contributed by atoms with van der Waals surface area (Å²) in [4.78, 5) is 12.9.